The summed E-state index contributed by atoms with van der Waals surface area (Å²) >= 11 is 0. The zero-order valence-corrected chi connectivity index (χ0v) is 17.9. The number of Topliss-reactive ketones (excluding diaryl/α,β-unsaturated/α-hetero) is 1. The summed E-state index contributed by atoms with van der Waals surface area (Å²) in [4.78, 5) is 21.7. The molecule has 2 aliphatic rings. The van der Waals surface area contributed by atoms with Crippen LogP contribution < -0.4 is 5.73 Å². The number of ether oxygens (including phenoxy) is 2. The number of hydrogen-bond donors (Lipinski definition) is 1. The van der Waals surface area contributed by atoms with Gasteiger partial charge in [-0.05, 0) is 58.3 Å². The minimum Gasteiger partial charge on any atom is -0.378 e. The van der Waals surface area contributed by atoms with Crippen molar-refractivity contribution in [3.63, 3.8) is 0 Å². The average Bonchev–Trinajstić information content (AvgIpc) is 2.58. The lowest BCUT2D eigenvalue weighted by atomic mass is 9.79. The van der Waals surface area contributed by atoms with Crippen molar-refractivity contribution in [2.45, 2.75) is 110 Å². The summed E-state index contributed by atoms with van der Waals surface area (Å²) in [6.07, 6.45) is 11.2. The van der Waals surface area contributed by atoms with Crippen molar-refractivity contribution in [2.75, 3.05) is 6.61 Å². The second kappa shape index (κ2) is 13.3. The maximum atomic E-state index is 11.1. The fraction of sp³-hybridized carbons (Fsp3) is 0.909. The highest BCUT2D eigenvalue weighted by Gasteiger charge is 2.26. The monoisotopic (exact) mass is 385 g/mol. The molecule has 1 amide bonds. The Morgan fingerprint density at radius 2 is 1.63 bits per heavy atom. The molecule has 0 bridgehead atoms. The topological polar surface area (TPSA) is 78.6 Å². The van der Waals surface area contributed by atoms with Gasteiger partial charge in [0.1, 0.15) is 5.78 Å². The molecule has 0 aromatic rings. The molecule has 0 aromatic carbocycles. The lowest BCUT2D eigenvalue weighted by Crippen LogP contribution is -2.29. The first kappa shape index (κ1) is 24.1. The molecule has 2 fully saturated rings. The molecule has 2 rings (SSSR count). The van der Waals surface area contributed by atoms with Gasteiger partial charge in [-0.3, -0.25) is 9.59 Å². The molecule has 0 aliphatic heterocycles. The molecule has 2 aliphatic carbocycles. The molecular formula is C22H43NO4. The van der Waals surface area contributed by atoms with Crippen LogP contribution in [0.1, 0.15) is 93.3 Å². The quantitative estimate of drug-likeness (QED) is 0.555. The van der Waals surface area contributed by atoms with Crippen LogP contribution in [-0.2, 0) is 19.1 Å². The van der Waals surface area contributed by atoms with Crippen molar-refractivity contribution in [1.82, 2.24) is 0 Å². The molecule has 0 radical (unpaired) electrons. The highest BCUT2D eigenvalue weighted by atomic mass is 16.5. The smallest absolute Gasteiger partial charge is 0.217 e. The van der Waals surface area contributed by atoms with Crippen molar-refractivity contribution in [3.8, 4) is 0 Å². The lowest BCUT2D eigenvalue weighted by molar-refractivity contribution is -0.128. The first-order valence-electron chi connectivity index (χ1n) is 10.9. The predicted octanol–water partition coefficient (Wildman–Crippen LogP) is 4.65. The van der Waals surface area contributed by atoms with E-state index in [1.807, 2.05) is 13.8 Å². The third-order valence-electron chi connectivity index (χ3n) is 5.62. The minimum absolute atomic E-state index is 0. The SMILES string of the molecule is CC(C)C(=O)C1CCC1.CCC(C)OC1CCC(OCCCC(N)=O)CC1.[HH]. The normalized spacial score (nSPS) is 23.9. The molecule has 5 nitrogen and oxygen atoms in total. The van der Waals surface area contributed by atoms with Crippen molar-refractivity contribution >= 4 is 11.7 Å². The Kier molecular flexibility index (Phi) is 11.8. The highest BCUT2D eigenvalue weighted by Crippen LogP contribution is 2.29. The fourth-order valence-corrected chi connectivity index (χ4v) is 3.42. The number of amides is 1. The third-order valence-corrected chi connectivity index (χ3v) is 5.62. The maximum Gasteiger partial charge on any atom is 0.217 e. The first-order chi connectivity index (χ1) is 12.8. The number of ketones is 1. The van der Waals surface area contributed by atoms with E-state index in [2.05, 4.69) is 13.8 Å². The third kappa shape index (κ3) is 10.2. The summed E-state index contributed by atoms with van der Waals surface area (Å²) in [5.41, 5.74) is 5.08. The summed E-state index contributed by atoms with van der Waals surface area (Å²) in [7, 11) is 0. The molecule has 0 heterocycles. The van der Waals surface area contributed by atoms with Gasteiger partial charge in [-0.1, -0.05) is 27.2 Å². The van der Waals surface area contributed by atoms with Crippen LogP contribution in [0.2, 0.25) is 0 Å². The second-order valence-corrected chi connectivity index (χ2v) is 8.38. The summed E-state index contributed by atoms with van der Waals surface area (Å²) < 4.78 is 11.7. The Morgan fingerprint density at radius 3 is 2.04 bits per heavy atom. The van der Waals surface area contributed by atoms with E-state index in [1.165, 1.54) is 6.42 Å². The molecule has 5 heteroatoms. The number of carbonyl (C=O) groups excluding carboxylic acids is 2. The number of hydrogen-bond acceptors (Lipinski definition) is 4. The zero-order valence-electron chi connectivity index (χ0n) is 17.9. The van der Waals surface area contributed by atoms with Crippen LogP contribution in [0.5, 0.6) is 0 Å². The van der Waals surface area contributed by atoms with E-state index in [9.17, 15) is 9.59 Å². The van der Waals surface area contributed by atoms with E-state index in [-0.39, 0.29) is 13.3 Å². The van der Waals surface area contributed by atoms with E-state index in [1.54, 1.807) is 0 Å². The summed E-state index contributed by atoms with van der Waals surface area (Å²) in [5.74, 6) is 0.922. The van der Waals surface area contributed by atoms with Gasteiger partial charge in [0.25, 0.3) is 0 Å². The standard InChI is InChI=1S/C14H27NO3.C8H14O.H2/c1-3-11(2)18-13-8-6-12(7-9-13)17-10-4-5-14(15)16;1-6(2)8(9)7-4-3-5-7;/h11-13H,3-10H2,1-2H3,(H2,15,16);6-7H,3-5H2,1-2H3;1H. The van der Waals surface area contributed by atoms with Gasteiger partial charge >= 0.3 is 0 Å². The molecule has 27 heavy (non-hydrogen) atoms. The van der Waals surface area contributed by atoms with Gasteiger partial charge in [0.2, 0.25) is 5.91 Å². The first-order valence-corrected chi connectivity index (χ1v) is 10.9. The lowest BCUT2D eigenvalue weighted by Gasteiger charge is -2.30. The van der Waals surface area contributed by atoms with E-state index >= 15 is 0 Å². The van der Waals surface area contributed by atoms with Crippen molar-refractivity contribution in [1.29, 1.82) is 0 Å². The van der Waals surface area contributed by atoms with E-state index in [0.29, 0.717) is 43.0 Å². The van der Waals surface area contributed by atoms with E-state index < -0.39 is 0 Å². The molecule has 2 saturated carbocycles. The molecule has 0 spiro atoms. The Bertz CT molecular complexity index is 432. The van der Waals surface area contributed by atoms with Gasteiger partial charge < -0.3 is 15.2 Å². The summed E-state index contributed by atoms with van der Waals surface area (Å²) in [5, 5.41) is 0. The van der Waals surface area contributed by atoms with Crippen LogP contribution >= 0.6 is 0 Å². The van der Waals surface area contributed by atoms with Gasteiger partial charge in [0.05, 0.1) is 18.3 Å². The fourth-order valence-electron chi connectivity index (χ4n) is 3.42. The van der Waals surface area contributed by atoms with Crippen molar-refractivity contribution < 1.29 is 20.5 Å². The van der Waals surface area contributed by atoms with Crippen LogP contribution in [0.4, 0.5) is 0 Å². The van der Waals surface area contributed by atoms with Gasteiger partial charge in [-0.2, -0.15) is 0 Å². The van der Waals surface area contributed by atoms with Crippen LogP contribution in [0, 0.1) is 11.8 Å². The minimum atomic E-state index is -0.246. The zero-order chi connectivity index (χ0) is 20.2. The van der Waals surface area contributed by atoms with Gasteiger partial charge in [-0.25, -0.2) is 0 Å². The highest BCUT2D eigenvalue weighted by molar-refractivity contribution is 5.83. The summed E-state index contributed by atoms with van der Waals surface area (Å²) in [6.45, 7) is 8.90. The molecule has 0 aromatic heterocycles. The number of nitrogens with two attached hydrogens (primary N) is 1. The van der Waals surface area contributed by atoms with Crippen LogP contribution in [0.25, 0.3) is 0 Å². The predicted molar refractivity (Wildman–Crippen MR) is 111 cm³/mol. The van der Waals surface area contributed by atoms with Gasteiger partial charge in [-0.15, -0.1) is 0 Å². The van der Waals surface area contributed by atoms with Crippen molar-refractivity contribution in [2.24, 2.45) is 17.6 Å². The molecule has 160 valence electrons. The Balaban J connectivity index is 0.000000614. The van der Waals surface area contributed by atoms with Crippen molar-refractivity contribution in [3.05, 3.63) is 0 Å². The average molecular weight is 386 g/mol. The van der Waals surface area contributed by atoms with Crippen LogP contribution in [0.15, 0.2) is 0 Å². The van der Waals surface area contributed by atoms with Gasteiger partial charge in [0, 0.05) is 26.3 Å². The summed E-state index contributed by atoms with van der Waals surface area (Å²) in [6, 6.07) is 0. The molecule has 1 atom stereocenters. The van der Waals surface area contributed by atoms with E-state index in [4.69, 9.17) is 15.2 Å². The molecule has 1 unspecified atom stereocenters. The Hall–Kier alpha value is -0.940. The van der Waals surface area contributed by atoms with Crippen LogP contribution in [0.3, 0.4) is 0 Å². The van der Waals surface area contributed by atoms with Crippen LogP contribution in [-0.4, -0.2) is 36.6 Å². The second-order valence-electron chi connectivity index (χ2n) is 8.38. The number of primary amides is 1. The largest absolute Gasteiger partial charge is 0.378 e. The molecular weight excluding hydrogens is 342 g/mol. The number of rotatable bonds is 10. The maximum absolute atomic E-state index is 11.1. The van der Waals surface area contributed by atoms with E-state index in [0.717, 1.165) is 51.4 Å². The number of carbonyl (C=O) groups is 2. The van der Waals surface area contributed by atoms with Gasteiger partial charge in [0.15, 0.2) is 0 Å². The Morgan fingerprint density at radius 1 is 1.04 bits per heavy atom. The molecule has 2 N–H and O–H groups in total. The molecule has 0 saturated heterocycles. The Labute approximate surface area is 167 Å².